The molecule has 0 aliphatic heterocycles. The van der Waals surface area contributed by atoms with E-state index in [9.17, 15) is 9.18 Å². The number of aromatic nitrogens is 1. The van der Waals surface area contributed by atoms with Gasteiger partial charge in [0, 0.05) is 0 Å². The van der Waals surface area contributed by atoms with Gasteiger partial charge in [-0.2, -0.15) is 4.39 Å². The number of amides is 1. The first-order valence-corrected chi connectivity index (χ1v) is 3.58. The molecule has 13 heavy (non-hydrogen) atoms. The van der Waals surface area contributed by atoms with Gasteiger partial charge in [0.2, 0.25) is 5.95 Å². The van der Waals surface area contributed by atoms with Gasteiger partial charge in [-0.15, -0.1) is 6.42 Å². The summed E-state index contributed by atoms with van der Waals surface area (Å²) in [6.45, 7) is 0.108. The van der Waals surface area contributed by atoms with Gasteiger partial charge in [0.25, 0.3) is 5.91 Å². The molecule has 0 unspecified atom stereocenters. The van der Waals surface area contributed by atoms with E-state index in [1.54, 1.807) is 0 Å². The Labute approximate surface area is 75.0 Å². The van der Waals surface area contributed by atoms with Gasteiger partial charge in [0.15, 0.2) is 0 Å². The summed E-state index contributed by atoms with van der Waals surface area (Å²) in [7, 11) is 0. The molecule has 0 spiro atoms. The average molecular weight is 178 g/mol. The van der Waals surface area contributed by atoms with E-state index in [4.69, 9.17) is 6.42 Å². The van der Waals surface area contributed by atoms with Crippen molar-refractivity contribution in [2.24, 2.45) is 0 Å². The SMILES string of the molecule is C#CCNC(=O)c1cccc(F)n1. The lowest BCUT2D eigenvalue weighted by atomic mass is 10.3. The second-order valence-corrected chi connectivity index (χ2v) is 2.23. The second kappa shape index (κ2) is 4.21. The van der Waals surface area contributed by atoms with Crippen LogP contribution in [0.1, 0.15) is 10.5 Å². The average Bonchev–Trinajstić information content (AvgIpc) is 2.14. The highest BCUT2D eigenvalue weighted by Gasteiger charge is 2.05. The van der Waals surface area contributed by atoms with Crippen molar-refractivity contribution in [3.63, 3.8) is 0 Å². The predicted octanol–water partition coefficient (Wildman–Crippen LogP) is 0.584. The first-order valence-electron chi connectivity index (χ1n) is 3.58. The number of terminal acetylenes is 1. The summed E-state index contributed by atoms with van der Waals surface area (Å²) in [5.41, 5.74) is 0.0234. The normalized spacial score (nSPS) is 8.92. The number of hydrogen-bond donors (Lipinski definition) is 1. The summed E-state index contributed by atoms with van der Waals surface area (Å²) in [4.78, 5) is 14.5. The van der Waals surface area contributed by atoms with E-state index in [0.29, 0.717) is 0 Å². The van der Waals surface area contributed by atoms with Crippen molar-refractivity contribution in [1.29, 1.82) is 0 Å². The van der Waals surface area contributed by atoms with Gasteiger partial charge >= 0.3 is 0 Å². The minimum absolute atomic E-state index is 0.0234. The molecule has 0 saturated carbocycles. The van der Waals surface area contributed by atoms with E-state index in [0.717, 1.165) is 6.07 Å². The molecule has 4 heteroatoms. The van der Waals surface area contributed by atoms with Crippen LogP contribution in [0.15, 0.2) is 18.2 Å². The number of rotatable bonds is 2. The van der Waals surface area contributed by atoms with Crippen LogP contribution in [0.4, 0.5) is 4.39 Å². The fourth-order valence-corrected chi connectivity index (χ4v) is 0.757. The third-order valence-corrected chi connectivity index (χ3v) is 1.30. The Morgan fingerprint density at radius 2 is 2.46 bits per heavy atom. The van der Waals surface area contributed by atoms with Gasteiger partial charge in [0.05, 0.1) is 6.54 Å². The summed E-state index contributed by atoms with van der Waals surface area (Å²) in [6, 6.07) is 3.99. The van der Waals surface area contributed by atoms with Crippen LogP contribution in [0.5, 0.6) is 0 Å². The number of carbonyl (C=O) groups is 1. The molecule has 1 aromatic rings. The van der Waals surface area contributed by atoms with Crippen LogP contribution in [0.2, 0.25) is 0 Å². The number of carbonyl (C=O) groups excluding carboxylic acids is 1. The summed E-state index contributed by atoms with van der Waals surface area (Å²) < 4.78 is 12.5. The Morgan fingerprint density at radius 3 is 3.08 bits per heavy atom. The Kier molecular flexibility index (Phi) is 2.98. The molecule has 0 aromatic carbocycles. The molecule has 1 heterocycles. The maximum atomic E-state index is 12.5. The Morgan fingerprint density at radius 1 is 1.69 bits per heavy atom. The summed E-state index contributed by atoms with van der Waals surface area (Å²) in [5.74, 6) is 1.07. The quantitative estimate of drug-likeness (QED) is 0.531. The molecule has 0 atom stereocenters. The molecule has 0 bridgehead atoms. The standard InChI is InChI=1S/C9H7FN2O/c1-2-6-11-9(13)7-4-3-5-8(10)12-7/h1,3-5H,6H2,(H,11,13). The zero-order valence-electron chi connectivity index (χ0n) is 6.75. The molecule has 1 aromatic heterocycles. The van der Waals surface area contributed by atoms with E-state index in [-0.39, 0.29) is 12.2 Å². The molecule has 0 aliphatic carbocycles. The number of nitrogens with one attached hydrogen (secondary N) is 1. The van der Waals surface area contributed by atoms with Crippen molar-refractivity contribution in [2.75, 3.05) is 6.54 Å². The maximum absolute atomic E-state index is 12.5. The van der Waals surface area contributed by atoms with Crippen LogP contribution in [0.25, 0.3) is 0 Å². The molecule has 0 aliphatic rings. The Bertz CT molecular complexity index is 357. The molecule has 0 saturated heterocycles. The number of halogens is 1. The van der Waals surface area contributed by atoms with Crippen molar-refractivity contribution in [3.8, 4) is 12.3 Å². The highest BCUT2D eigenvalue weighted by Crippen LogP contribution is 1.96. The van der Waals surface area contributed by atoms with E-state index in [1.807, 2.05) is 0 Å². The van der Waals surface area contributed by atoms with Crippen LogP contribution in [-0.2, 0) is 0 Å². The lowest BCUT2D eigenvalue weighted by molar-refractivity contribution is 0.0952. The zero-order chi connectivity index (χ0) is 9.68. The number of hydrogen-bond acceptors (Lipinski definition) is 2. The third kappa shape index (κ3) is 2.56. The predicted molar refractivity (Wildman–Crippen MR) is 45.4 cm³/mol. The molecular weight excluding hydrogens is 171 g/mol. The smallest absolute Gasteiger partial charge is 0.270 e. The van der Waals surface area contributed by atoms with Gasteiger partial charge < -0.3 is 5.32 Å². The maximum Gasteiger partial charge on any atom is 0.270 e. The van der Waals surface area contributed by atoms with Crippen molar-refractivity contribution in [2.45, 2.75) is 0 Å². The van der Waals surface area contributed by atoms with Crippen LogP contribution in [0.3, 0.4) is 0 Å². The van der Waals surface area contributed by atoms with Crippen LogP contribution in [-0.4, -0.2) is 17.4 Å². The van der Waals surface area contributed by atoms with Gasteiger partial charge in [-0.3, -0.25) is 4.79 Å². The molecule has 1 rings (SSSR count). The molecular formula is C9H7FN2O. The van der Waals surface area contributed by atoms with Crippen LogP contribution < -0.4 is 5.32 Å². The summed E-state index contributed by atoms with van der Waals surface area (Å²) in [6.07, 6.45) is 4.93. The third-order valence-electron chi connectivity index (χ3n) is 1.30. The monoisotopic (exact) mass is 178 g/mol. The lowest BCUT2D eigenvalue weighted by Crippen LogP contribution is -2.24. The molecule has 1 amide bonds. The summed E-state index contributed by atoms with van der Waals surface area (Å²) in [5, 5.41) is 2.37. The van der Waals surface area contributed by atoms with Crippen molar-refractivity contribution < 1.29 is 9.18 Å². The lowest BCUT2D eigenvalue weighted by Gasteiger charge is -1.99. The molecule has 3 nitrogen and oxygen atoms in total. The Balaban J connectivity index is 2.72. The topological polar surface area (TPSA) is 42.0 Å². The molecule has 66 valence electrons. The minimum atomic E-state index is -0.687. The van der Waals surface area contributed by atoms with Gasteiger partial charge in [-0.1, -0.05) is 12.0 Å². The van der Waals surface area contributed by atoms with E-state index < -0.39 is 11.9 Å². The highest BCUT2D eigenvalue weighted by molar-refractivity contribution is 5.92. The minimum Gasteiger partial charge on any atom is -0.340 e. The summed E-state index contributed by atoms with van der Waals surface area (Å²) >= 11 is 0. The zero-order valence-corrected chi connectivity index (χ0v) is 6.75. The number of pyridine rings is 1. The molecule has 1 N–H and O–H groups in total. The number of nitrogens with zero attached hydrogens (tertiary/aromatic N) is 1. The van der Waals surface area contributed by atoms with Crippen LogP contribution >= 0.6 is 0 Å². The molecule has 0 radical (unpaired) electrons. The van der Waals surface area contributed by atoms with Crippen molar-refractivity contribution in [1.82, 2.24) is 10.3 Å². The first-order chi connectivity index (χ1) is 6.24. The van der Waals surface area contributed by atoms with Crippen LogP contribution in [0, 0.1) is 18.3 Å². The van der Waals surface area contributed by atoms with E-state index in [2.05, 4.69) is 16.2 Å². The Hall–Kier alpha value is -1.89. The van der Waals surface area contributed by atoms with E-state index in [1.165, 1.54) is 12.1 Å². The largest absolute Gasteiger partial charge is 0.340 e. The van der Waals surface area contributed by atoms with Gasteiger partial charge in [-0.25, -0.2) is 4.98 Å². The van der Waals surface area contributed by atoms with Gasteiger partial charge in [-0.05, 0) is 12.1 Å². The van der Waals surface area contributed by atoms with Crippen molar-refractivity contribution in [3.05, 3.63) is 29.8 Å². The van der Waals surface area contributed by atoms with E-state index >= 15 is 0 Å². The van der Waals surface area contributed by atoms with Crippen molar-refractivity contribution >= 4 is 5.91 Å². The highest BCUT2D eigenvalue weighted by atomic mass is 19.1. The fourth-order valence-electron chi connectivity index (χ4n) is 0.757. The fraction of sp³-hybridized carbons (Fsp3) is 0.111. The van der Waals surface area contributed by atoms with Gasteiger partial charge in [0.1, 0.15) is 5.69 Å². The second-order valence-electron chi connectivity index (χ2n) is 2.23. The molecule has 0 fully saturated rings. The first kappa shape index (κ1) is 9.20.